The number of hydrogen-bond donors (Lipinski definition) is 4. The third-order valence-electron chi connectivity index (χ3n) is 4.44. The van der Waals surface area contributed by atoms with E-state index < -0.39 is 43.0 Å². The summed E-state index contributed by atoms with van der Waals surface area (Å²) in [4.78, 5) is 12.0. The Hall–Kier alpha value is -0.770. The molecule has 8 heteroatoms. The summed E-state index contributed by atoms with van der Waals surface area (Å²) in [5.41, 5.74) is 0. The molecule has 0 aromatic carbocycles. The number of carbonyl (C=O) groups excluding carboxylic acids is 1. The molecular formula is C17H32O8. The highest BCUT2D eigenvalue weighted by Crippen LogP contribution is 2.32. The standard InChI is InChI=1S/C17H32O8/c1-3-4-5-6-7-8-9-10-13(19)25-17(23-2)16(22)15(21)14(20)12(11-18)24-17/h12,14-16,18,20-22H,3-11H2,1-2H3/t12?,14-,15+,16-,17-/m0/s1. The van der Waals surface area contributed by atoms with Gasteiger partial charge in [0.05, 0.1) is 6.61 Å². The van der Waals surface area contributed by atoms with E-state index in [1.54, 1.807) is 0 Å². The molecule has 8 nitrogen and oxygen atoms in total. The molecule has 1 saturated heterocycles. The molecule has 1 heterocycles. The number of hydrogen-bond acceptors (Lipinski definition) is 8. The number of ether oxygens (including phenoxy) is 3. The first-order chi connectivity index (χ1) is 11.9. The lowest BCUT2D eigenvalue weighted by Gasteiger charge is -2.45. The lowest BCUT2D eigenvalue weighted by molar-refractivity contribution is -0.441. The van der Waals surface area contributed by atoms with Crippen LogP contribution in [-0.4, -0.2) is 70.5 Å². The highest BCUT2D eigenvalue weighted by Gasteiger charge is 2.57. The number of rotatable bonds is 11. The van der Waals surface area contributed by atoms with Crippen molar-refractivity contribution in [1.29, 1.82) is 0 Å². The third-order valence-corrected chi connectivity index (χ3v) is 4.44. The number of aliphatic hydroxyl groups is 4. The van der Waals surface area contributed by atoms with Crippen LogP contribution in [0.5, 0.6) is 0 Å². The summed E-state index contributed by atoms with van der Waals surface area (Å²) in [5, 5.41) is 38.9. The molecule has 0 spiro atoms. The quantitative estimate of drug-likeness (QED) is 0.236. The van der Waals surface area contributed by atoms with Crippen molar-refractivity contribution in [2.24, 2.45) is 0 Å². The van der Waals surface area contributed by atoms with Crippen LogP contribution < -0.4 is 0 Å². The van der Waals surface area contributed by atoms with Crippen LogP contribution in [0, 0.1) is 0 Å². The Morgan fingerprint density at radius 1 is 1.04 bits per heavy atom. The molecule has 1 fully saturated rings. The normalized spacial score (nSPS) is 32.6. The fourth-order valence-corrected chi connectivity index (χ4v) is 2.84. The van der Waals surface area contributed by atoms with Gasteiger partial charge in [0, 0.05) is 13.5 Å². The van der Waals surface area contributed by atoms with Crippen LogP contribution in [0.15, 0.2) is 0 Å². The first-order valence-corrected chi connectivity index (χ1v) is 9.01. The average molecular weight is 364 g/mol. The Labute approximate surface area is 148 Å². The van der Waals surface area contributed by atoms with E-state index in [9.17, 15) is 25.2 Å². The first-order valence-electron chi connectivity index (χ1n) is 9.01. The predicted molar refractivity (Wildman–Crippen MR) is 88.4 cm³/mol. The zero-order valence-corrected chi connectivity index (χ0v) is 15.1. The van der Waals surface area contributed by atoms with E-state index in [0.29, 0.717) is 6.42 Å². The molecule has 4 N–H and O–H groups in total. The van der Waals surface area contributed by atoms with Crippen molar-refractivity contribution in [2.45, 2.75) is 88.7 Å². The second-order valence-corrected chi connectivity index (χ2v) is 6.42. The molecule has 0 amide bonds. The van der Waals surface area contributed by atoms with E-state index in [1.807, 2.05) is 0 Å². The predicted octanol–water partition coefficient (Wildman–Crippen LogP) is 0.444. The van der Waals surface area contributed by atoms with Gasteiger partial charge in [0.15, 0.2) is 6.10 Å². The van der Waals surface area contributed by atoms with Gasteiger partial charge in [-0.05, 0) is 6.42 Å². The summed E-state index contributed by atoms with van der Waals surface area (Å²) < 4.78 is 15.3. The van der Waals surface area contributed by atoms with Crippen molar-refractivity contribution in [3.05, 3.63) is 0 Å². The van der Waals surface area contributed by atoms with Gasteiger partial charge in [-0.15, -0.1) is 0 Å². The summed E-state index contributed by atoms with van der Waals surface area (Å²) in [6.45, 7) is 1.52. The van der Waals surface area contributed by atoms with Gasteiger partial charge in [-0.1, -0.05) is 45.4 Å². The minimum Gasteiger partial charge on any atom is -0.405 e. The van der Waals surface area contributed by atoms with Crippen molar-refractivity contribution in [3.63, 3.8) is 0 Å². The Balaban J connectivity index is 2.48. The van der Waals surface area contributed by atoms with E-state index in [1.165, 1.54) is 19.3 Å². The van der Waals surface area contributed by atoms with E-state index in [0.717, 1.165) is 26.4 Å². The maximum absolute atomic E-state index is 12.0. The fourth-order valence-electron chi connectivity index (χ4n) is 2.84. The average Bonchev–Trinajstić information content (AvgIpc) is 2.61. The van der Waals surface area contributed by atoms with Gasteiger partial charge in [0.1, 0.15) is 18.3 Å². The molecule has 1 rings (SSSR count). The lowest BCUT2D eigenvalue weighted by Crippen LogP contribution is -2.67. The van der Waals surface area contributed by atoms with Crippen molar-refractivity contribution >= 4 is 5.97 Å². The number of esters is 1. The van der Waals surface area contributed by atoms with Crippen LogP contribution in [0.3, 0.4) is 0 Å². The maximum atomic E-state index is 12.0. The van der Waals surface area contributed by atoms with E-state index in [-0.39, 0.29) is 6.42 Å². The molecule has 0 saturated carbocycles. The third kappa shape index (κ3) is 6.16. The van der Waals surface area contributed by atoms with Gasteiger partial charge in [-0.3, -0.25) is 4.79 Å². The monoisotopic (exact) mass is 364 g/mol. The second kappa shape index (κ2) is 11.1. The minimum absolute atomic E-state index is 0.122. The van der Waals surface area contributed by atoms with Crippen LogP contribution in [0.1, 0.15) is 58.3 Å². The van der Waals surface area contributed by atoms with Crippen molar-refractivity contribution in [3.8, 4) is 0 Å². The smallest absolute Gasteiger partial charge is 0.359 e. The highest BCUT2D eigenvalue weighted by atomic mass is 16.9. The molecule has 1 aliphatic heterocycles. The highest BCUT2D eigenvalue weighted by molar-refractivity contribution is 5.69. The van der Waals surface area contributed by atoms with Crippen LogP contribution >= 0.6 is 0 Å². The van der Waals surface area contributed by atoms with Gasteiger partial charge < -0.3 is 34.6 Å². The topological polar surface area (TPSA) is 126 Å². The zero-order valence-electron chi connectivity index (χ0n) is 15.1. The molecular weight excluding hydrogens is 332 g/mol. The van der Waals surface area contributed by atoms with Crippen LogP contribution in [0.2, 0.25) is 0 Å². The zero-order chi connectivity index (χ0) is 18.9. The molecule has 148 valence electrons. The molecule has 0 aromatic rings. The Bertz CT molecular complexity index is 389. The number of aliphatic hydroxyl groups excluding tert-OH is 4. The van der Waals surface area contributed by atoms with Crippen molar-refractivity contribution in [2.75, 3.05) is 13.7 Å². The lowest BCUT2D eigenvalue weighted by atomic mass is 9.97. The van der Waals surface area contributed by atoms with E-state index in [4.69, 9.17) is 14.2 Å². The van der Waals surface area contributed by atoms with Crippen LogP contribution in [-0.2, 0) is 19.0 Å². The largest absolute Gasteiger partial charge is 0.405 e. The summed E-state index contributed by atoms with van der Waals surface area (Å²) >= 11 is 0. The van der Waals surface area contributed by atoms with Gasteiger partial charge in [0.25, 0.3) is 0 Å². The summed E-state index contributed by atoms with van der Waals surface area (Å²) in [6.07, 6.45) is 1.16. The molecule has 0 radical (unpaired) electrons. The number of unbranched alkanes of at least 4 members (excludes halogenated alkanes) is 6. The van der Waals surface area contributed by atoms with Crippen molar-refractivity contribution in [1.82, 2.24) is 0 Å². The molecule has 1 aliphatic rings. The number of carbonyl (C=O) groups is 1. The summed E-state index contributed by atoms with van der Waals surface area (Å²) in [5.74, 6) is -2.89. The molecule has 5 atom stereocenters. The SMILES string of the molecule is CCCCCCCCCC(=O)O[C@@]1(OC)OC(CO)[C@H](O)[C@@H](O)[C@@H]1O. The Morgan fingerprint density at radius 2 is 1.64 bits per heavy atom. The molecule has 0 aliphatic carbocycles. The maximum Gasteiger partial charge on any atom is 0.359 e. The van der Waals surface area contributed by atoms with Crippen LogP contribution in [0.25, 0.3) is 0 Å². The number of methoxy groups -OCH3 is 1. The van der Waals surface area contributed by atoms with E-state index >= 15 is 0 Å². The first kappa shape index (κ1) is 22.3. The van der Waals surface area contributed by atoms with Crippen LogP contribution in [0.4, 0.5) is 0 Å². The summed E-state index contributed by atoms with van der Waals surface area (Å²) in [7, 11) is 1.14. The Kier molecular flexibility index (Phi) is 9.84. The summed E-state index contributed by atoms with van der Waals surface area (Å²) in [6, 6.07) is 0. The fraction of sp³-hybridized carbons (Fsp3) is 0.941. The molecule has 1 unspecified atom stereocenters. The molecule has 0 bridgehead atoms. The Morgan fingerprint density at radius 3 is 2.20 bits per heavy atom. The van der Waals surface area contributed by atoms with Gasteiger partial charge in [-0.2, -0.15) is 0 Å². The van der Waals surface area contributed by atoms with Gasteiger partial charge in [0.2, 0.25) is 0 Å². The van der Waals surface area contributed by atoms with Gasteiger partial charge >= 0.3 is 11.9 Å². The van der Waals surface area contributed by atoms with Crippen molar-refractivity contribution < 1.29 is 39.4 Å². The van der Waals surface area contributed by atoms with Gasteiger partial charge in [-0.25, -0.2) is 0 Å². The molecule has 25 heavy (non-hydrogen) atoms. The second-order valence-electron chi connectivity index (χ2n) is 6.42. The minimum atomic E-state index is -2.25. The molecule has 0 aromatic heterocycles. The van der Waals surface area contributed by atoms with E-state index in [2.05, 4.69) is 6.92 Å².